The van der Waals surface area contributed by atoms with Gasteiger partial charge in [0, 0.05) is 17.4 Å². The van der Waals surface area contributed by atoms with Crippen molar-refractivity contribution in [3.63, 3.8) is 0 Å². The number of nitrogens with zero attached hydrogens (tertiary/aromatic N) is 2. The molecule has 0 unspecified atom stereocenters. The summed E-state index contributed by atoms with van der Waals surface area (Å²) in [5.74, 6) is -2.50. The molecule has 0 bridgehead atoms. The lowest BCUT2D eigenvalue weighted by molar-refractivity contribution is 0.102. The van der Waals surface area contributed by atoms with Crippen LogP contribution in [-0.4, -0.2) is 15.9 Å². The molecule has 1 amide bonds. The van der Waals surface area contributed by atoms with Gasteiger partial charge in [0.05, 0.1) is 5.69 Å². The molecule has 0 aliphatic heterocycles. The molecule has 0 aliphatic carbocycles. The Kier molecular flexibility index (Phi) is 4.83. The van der Waals surface area contributed by atoms with E-state index >= 15 is 0 Å². The summed E-state index contributed by atoms with van der Waals surface area (Å²) in [7, 11) is 0. The lowest BCUT2D eigenvalue weighted by Gasteiger charge is -2.09. The average molecular weight is 358 g/mol. The van der Waals surface area contributed by atoms with Gasteiger partial charge in [0.25, 0.3) is 5.91 Å². The first-order valence-electron chi connectivity index (χ1n) is 7.55. The predicted molar refractivity (Wildman–Crippen MR) is 90.8 cm³/mol. The van der Waals surface area contributed by atoms with Gasteiger partial charge in [-0.1, -0.05) is 0 Å². The second-order valence-electron chi connectivity index (χ2n) is 5.43. The van der Waals surface area contributed by atoms with Crippen LogP contribution in [0.1, 0.15) is 16.2 Å². The SMILES string of the molecule is Cc1cc(C(=O)Nc2ccc(F)cc2)nc(Nc2ccc(F)cc2F)n1. The van der Waals surface area contributed by atoms with Crippen LogP contribution in [0.4, 0.5) is 30.5 Å². The van der Waals surface area contributed by atoms with Crippen molar-refractivity contribution in [2.24, 2.45) is 0 Å². The van der Waals surface area contributed by atoms with Crippen LogP contribution in [0.15, 0.2) is 48.5 Å². The summed E-state index contributed by atoms with van der Waals surface area (Å²) in [4.78, 5) is 20.4. The molecule has 0 radical (unpaired) electrons. The number of halogens is 3. The Hall–Kier alpha value is -3.42. The normalized spacial score (nSPS) is 10.5. The number of hydrogen-bond acceptors (Lipinski definition) is 4. The molecule has 26 heavy (non-hydrogen) atoms. The molecule has 0 aliphatic rings. The van der Waals surface area contributed by atoms with Crippen LogP contribution in [0.5, 0.6) is 0 Å². The molecule has 3 aromatic rings. The van der Waals surface area contributed by atoms with E-state index in [0.29, 0.717) is 11.4 Å². The first-order valence-corrected chi connectivity index (χ1v) is 7.55. The number of rotatable bonds is 4. The molecule has 0 saturated carbocycles. The van der Waals surface area contributed by atoms with E-state index in [4.69, 9.17) is 0 Å². The molecule has 0 fully saturated rings. The fourth-order valence-electron chi connectivity index (χ4n) is 2.18. The molecule has 0 spiro atoms. The fraction of sp³-hybridized carbons (Fsp3) is 0.0556. The topological polar surface area (TPSA) is 66.9 Å². The van der Waals surface area contributed by atoms with Crippen molar-refractivity contribution < 1.29 is 18.0 Å². The van der Waals surface area contributed by atoms with E-state index in [1.807, 2.05) is 0 Å². The highest BCUT2D eigenvalue weighted by Gasteiger charge is 2.13. The molecule has 132 valence electrons. The summed E-state index contributed by atoms with van der Waals surface area (Å²) in [6.07, 6.45) is 0. The average Bonchev–Trinajstić information content (AvgIpc) is 2.59. The maximum atomic E-state index is 13.7. The van der Waals surface area contributed by atoms with Gasteiger partial charge in [-0.05, 0) is 49.4 Å². The van der Waals surface area contributed by atoms with Crippen LogP contribution in [0.25, 0.3) is 0 Å². The van der Waals surface area contributed by atoms with E-state index in [-0.39, 0.29) is 17.3 Å². The Morgan fingerprint density at radius 1 is 0.923 bits per heavy atom. The Morgan fingerprint density at radius 2 is 1.62 bits per heavy atom. The smallest absolute Gasteiger partial charge is 0.274 e. The molecule has 2 N–H and O–H groups in total. The summed E-state index contributed by atoms with van der Waals surface area (Å²) >= 11 is 0. The van der Waals surface area contributed by atoms with E-state index < -0.39 is 23.4 Å². The maximum Gasteiger partial charge on any atom is 0.274 e. The number of amides is 1. The Morgan fingerprint density at radius 3 is 2.31 bits per heavy atom. The van der Waals surface area contributed by atoms with Gasteiger partial charge in [-0.25, -0.2) is 23.1 Å². The minimum absolute atomic E-state index is 0.0141. The minimum Gasteiger partial charge on any atom is -0.322 e. The number of aromatic nitrogens is 2. The number of carbonyl (C=O) groups excluding carboxylic acids is 1. The van der Waals surface area contributed by atoms with Crippen molar-refractivity contribution >= 4 is 23.2 Å². The number of benzene rings is 2. The van der Waals surface area contributed by atoms with Crippen molar-refractivity contribution in [1.29, 1.82) is 0 Å². The molecule has 0 atom stereocenters. The fourth-order valence-corrected chi connectivity index (χ4v) is 2.18. The zero-order chi connectivity index (χ0) is 18.7. The molecule has 1 aromatic heterocycles. The van der Waals surface area contributed by atoms with Gasteiger partial charge in [0.2, 0.25) is 5.95 Å². The number of nitrogens with one attached hydrogen (secondary N) is 2. The third-order valence-corrected chi connectivity index (χ3v) is 3.37. The van der Waals surface area contributed by atoms with Crippen molar-refractivity contribution in [1.82, 2.24) is 9.97 Å². The monoisotopic (exact) mass is 358 g/mol. The van der Waals surface area contributed by atoms with E-state index in [0.717, 1.165) is 12.1 Å². The van der Waals surface area contributed by atoms with E-state index in [9.17, 15) is 18.0 Å². The van der Waals surface area contributed by atoms with Crippen LogP contribution in [-0.2, 0) is 0 Å². The summed E-state index contributed by atoms with van der Waals surface area (Å²) in [5.41, 5.74) is 0.870. The lowest BCUT2D eigenvalue weighted by Crippen LogP contribution is -2.15. The molecule has 5 nitrogen and oxygen atoms in total. The molecule has 8 heteroatoms. The first kappa shape index (κ1) is 17.4. The van der Waals surface area contributed by atoms with Gasteiger partial charge in [-0.3, -0.25) is 4.79 Å². The number of carbonyl (C=O) groups is 1. The van der Waals surface area contributed by atoms with Crippen LogP contribution in [0.2, 0.25) is 0 Å². The molecule has 0 saturated heterocycles. The molecular formula is C18H13F3N4O. The Bertz CT molecular complexity index is 961. The van der Waals surface area contributed by atoms with E-state index in [2.05, 4.69) is 20.6 Å². The highest BCUT2D eigenvalue weighted by molar-refractivity contribution is 6.03. The number of hydrogen-bond donors (Lipinski definition) is 2. The molecular weight excluding hydrogens is 345 g/mol. The van der Waals surface area contributed by atoms with Gasteiger partial charge in [-0.15, -0.1) is 0 Å². The predicted octanol–water partition coefficient (Wildman–Crippen LogP) is 4.20. The van der Waals surface area contributed by atoms with Crippen LogP contribution < -0.4 is 10.6 Å². The molecule has 2 aromatic carbocycles. The summed E-state index contributed by atoms with van der Waals surface area (Å²) in [6.45, 7) is 1.64. The van der Waals surface area contributed by atoms with Crippen molar-refractivity contribution in [3.05, 3.63) is 77.4 Å². The summed E-state index contributed by atoms with van der Waals surface area (Å²) < 4.78 is 39.6. The van der Waals surface area contributed by atoms with Crippen LogP contribution in [0.3, 0.4) is 0 Å². The number of anilines is 3. The van der Waals surface area contributed by atoms with Gasteiger partial charge in [0.1, 0.15) is 23.1 Å². The van der Waals surface area contributed by atoms with Crippen molar-refractivity contribution in [2.45, 2.75) is 6.92 Å². The Labute approximate surface area is 146 Å². The van der Waals surface area contributed by atoms with Crippen molar-refractivity contribution in [2.75, 3.05) is 10.6 Å². The third kappa shape index (κ3) is 4.15. The van der Waals surface area contributed by atoms with Gasteiger partial charge in [0.15, 0.2) is 0 Å². The van der Waals surface area contributed by atoms with Gasteiger partial charge >= 0.3 is 0 Å². The maximum absolute atomic E-state index is 13.7. The van der Waals surface area contributed by atoms with Crippen molar-refractivity contribution in [3.8, 4) is 0 Å². The highest BCUT2D eigenvalue weighted by atomic mass is 19.1. The van der Waals surface area contributed by atoms with Gasteiger partial charge in [-0.2, -0.15) is 0 Å². The largest absolute Gasteiger partial charge is 0.322 e. The lowest BCUT2D eigenvalue weighted by atomic mass is 10.2. The minimum atomic E-state index is -0.813. The highest BCUT2D eigenvalue weighted by Crippen LogP contribution is 2.19. The number of aryl methyl sites for hydroxylation is 1. The van der Waals surface area contributed by atoms with Crippen LogP contribution in [0, 0.1) is 24.4 Å². The standard InChI is InChI=1S/C18H13F3N4O/c1-10-8-16(17(26)23-13-5-2-11(19)3-6-13)25-18(22-10)24-15-7-4-12(20)9-14(15)21/h2-9H,1H3,(H,23,26)(H,22,24,25). The summed E-state index contributed by atoms with van der Waals surface area (Å²) in [6, 6.07) is 9.71. The first-order chi connectivity index (χ1) is 12.4. The summed E-state index contributed by atoms with van der Waals surface area (Å²) in [5, 5.41) is 5.19. The van der Waals surface area contributed by atoms with Crippen LogP contribution >= 0.6 is 0 Å². The Balaban J connectivity index is 1.82. The second kappa shape index (κ2) is 7.22. The molecule has 3 rings (SSSR count). The quantitative estimate of drug-likeness (QED) is 0.734. The van der Waals surface area contributed by atoms with E-state index in [1.165, 1.54) is 36.4 Å². The second-order valence-corrected chi connectivity index (χ2v) is 5.43. The van der Waals surface area contributed by atoms with E-state index in [1.54, 1.807) is 6.92 Å². The zero-order valence-electron chi connectivity index (χ0n) is 13.6. The zero-order valence-corrected chi connectivity index (χ0v) is 13.6. The molecule has 1 heterocycles. The third-order valence-electron chi connectivity index (χ3n) is 3.37. The van der Waals surface area contributed by atoms with Gasteiger partial charge < -0.3 is 10.6 Å².